The number of hydrogen-bond acceptors (Lipinski definition) is 5. The Hall–Kier alpha value is -1.46. The number of ether oxygens (including phenoxy) is 2. The molecule has 0 aromatic heterocycles. The van der Waals surface area contributed by atoms with Gasteiger partial charge in [-0.3, -0.25) is 0 Å². The second-order valence-electron chi connectivity index (χ2n) is 4.62. The lowest BCUT2D eigenvalue weighted by Gasteiger charge is -2.22. The first-order valence-corrected chi connectivity index (χ1v) is 7.00. The second kappa shape index (κ2) is 8.66. The minimum absolute atomic E-state index is 0.410. The third-order valence-electron chi connectivity index (χ3n) is 3.26. The Kier molecular flexibility index (Phi) is 7.18. The van der Waals surface area contributed by atoms with Crippen LogP contribution in [0.3, 0.4) is 0 Å². The number of methoxy groups -OCH3 is 2. The molecule has 5 heteroatoms. The molecule has 1 atom stereocenters. The lowest BCUT2D eigenvalue weighted by Crippen LogP contribution is -2.35. The van der Waals surface area contributed by atoms with Crippen LogP contribution in [-0.4, -0.2) is 56.5 Å². The summed E-state index contributed by atoms with van der Waals surface area (Å²) in [6.07, 6.45) is -0.410. The van der Waals surface area contributed by atoms with Crippen molar-refractivity contribution in [2.24, 2.45) is 0 Å². The lowest BCUT2D eigenvalue weighted by molar-refractivity contribution is 0.128. The number of hydrogen-bond donors (Lipinski definition) is 2. The van der Waals surface area contributed by atoms with Crippen LogP contribution < -0.4 is 14.8 Å². The summed E-state index contributed by atoms with van der Waals surface area (Å²) in [5.74, 6) is 1.45. The topological polar surface area (TPSA) is 54.0 Å². The van der Waals surface area contributed by atoms with Crippen LogP contribution in [0.25, 0.3) is 0 Å². The van der Waals surface area contributed by atoms with E-state index in [0.29, 0.717) is 13.1 Å². The minimum Gasteiger partial charge on any atom is -0.497 e. The Labute approximate surface area is 121 Å². The van der Waals surface area contributed by atoms with Gasteiger partial charge in [0.15, 0.2) is 0 Å². The monoisotopic (exact) mass is 282 g/mol. The van der Waals surface area contributed by atoms with Crippen LogP contribution in [0.2, 0.25) is 0 Å². The smallest absolute Gasteiger partial charge is 0.124 e. The predicted octanol–water partition coefficient (Wildman–Crippen LogP) is 1.82. The molecule has 5 nitrogen and oxygen atoms in total. The molecule has 0 saturated carbocycles. The molecule has 0 amide bonds. The van der Waals surface area contributed by atoms with E-state index in [-0.39, 0.29) is 0 Å². The van der Waals surface area contributed by atoms with Gasteiger partial charge in [-0.05, 0) is 13.1 Å². The molecule has 1 aromatic rings. The SMILES string of the molecule is CCN(CC)CC(O)CNc1cc(OC)cc(OC)c1. The summed E-state index contributed by atoms with van der Waals surface area (Å²) >= 11 is 0. The summed E-state index contributed by atoms with van der Waals surface area (Å²) in [5, 5.41) is 13.2. The maximum absolute atomic E-state index is 10.0. The lowest BCUT2D eigenvalue weighted by atomic mass is 10.2. The van der Waals surface area contributed by atoms with Crippen molar-refractivity contribution in [2.75, 3.05) is 45.7 Å². The zero-order valence-corrected chi connectivity index (χ0v) is 12.8. The van der Waals surface area contributed by atoms with Gasteiger partial charge >= 0.3 is 0 Å². The number of anilines is 1. The van der Waals surface area contributed by atoms with Gasteiger partial charge in [-0.25, -0.2) is 0 Å². The van der Waals surface area contributed by atoms with E-state index in [4.69, 9.17) is 9.47 Å². The highest BCUT2D eigenvalue weighted by atomic mass is 16.5. The van der Waals surface area contributed by atoms with Crippen molar-refractivity contribution in [3.8, 4) is 11.5 Å². The van der Waals surface area contributed by atoms with E-state index in [0.717, 1.165) is 30.3 Å². The maximum Gasteiger partial charge on any atom is 0.124 e. The Balaban J connectivity index is 2.56. The van der Waals surface area contributed by atoms with Crippen LogP contribution in [0, 0.1) is 0 Å². The quantitative estimate of drug-likeness (QED) is 0.723. The average molecular weight is 282 g/mol. The van der Waals surface area contributed by atoms with E-state index >= 15 is 0 Å². The van der Waals surface area contributed by atoms with Crippen molar-refractivity contribution in [3.63, 3.8) is 0 Å². The van der Waals surface area contributed by atoms with E-state index in [1.54, 1.807) is 14.2 Å². The summed E-state index contributed by atoms with van der Waals surface area (Å²) in [6, 6.07) is 5.58. The molecule has 0 aliphatic heterocycles. The number of aliphatic hydroxyl groups excluding tert-OH is 1. The third-order valence-corrected chi connectivity index (χ3v) is 3.26. The molecule has 1 rings (SSSR count). The highest BCUT2D eigenvalue weighted by Crippen LogP contribution is 2.25. The Bertz CT molecular complexity index is 372. The van der Waals surface area contributed by atoms with E-state index in [2.05, 4.69) is 24.1 Å². The maximum atomic E-state index is 10.0. The van der Waals surface area contributed by atoms with E-state index in [1.165, 1.54) is 0 Å². The predicted molar refractivity (Wildman–Crippen MR) is 81.8 cm³/mol. The van der Waals surface area contributed by atoms with Crippen LogP contribution in [0.15, 0.2) is 18.2 Å². The number of nitrogens with one attached hydrogen (secondary N) is 1. The highest BCUT2D eigenvalue weighted by Gasteiger charge is 2.09. The molecule has 0 aliphatic rings. The number of aliphatic hydroxyl groups is 1. The summed E-state index contributed by atoms with van der Waals surface area (Å²) < 4.78 is 10.4. The zero-order valence-electron chi connectivity index (χ0n) is 12.8. The first kappa shape index (κ1) is 16.6. The van der Waals surface area contributed by atoms with Gasteiger partial charge in [-0.15, -0.1) is 0 Å². The van der Waals surface area contributed by atoms with Crippen molar-refractivity contribution in [3.05, 3.63) is 18.2 Å². The fourth-order valence-electron chi connectivity index (χ4n) is 1.99. The Morgan fingerprint density at radius 3 is 2.10 bits per heavy atom. The standard InChI is InChI=1S/C15H26N2O3/c1-5-17(6-2)11-13(18)10-16-12-7-14(19-3)9-15(8-12)20-4/h7-9,13,16,18H,5-6,10-11H2,1-4H3. The van der Waals surface area contributed by atoms with Crippen molar-refractivity contribution in [1.29, 1.82) is 0 Å². The molecule has 114 valence electrons. The Morgan fingerprint density at radius 1 is 1.10 bits per heavy atom. The molecule has 1 aromatic carbocycles. The van der Waals surface area contributed by atoms with E-state index in [1.807, 2.05) is 18.2 Å². The number of likely N-dealkylation sites (N-methyl/N-ethyl adjacent to an activating group) is 1. The van der Waals surface area contributed by atoms with Gasteiger partial charge in [0.05, 0.1) is 20.3 Å². The summed E-state index contributed by atoms with van der Waals surface area (Å²) in [6.45, 7) is 7.24. The fourth-order valence-corrected chi connectivity index (χ4v) is 1.99. The zero-order chi connectivity index (χ0) is 15.0. The molecule has 2 N–H and O–H groups in total. The molecule has 0 heterocycles. The molecule has 0 bridgehead atoms. The van der Waals surface area contributed by atoms with Crippen molar-refractivity contribution >= 4 is 5.69 Å². The molecule has 0 spiro atoms. The summed E-state index contributed by atoms with van der Waals surface area (Å²) in [5.41, 5.74) is 0.875. The van der Waals surface area contributed by atoms with Gasteiger partial charge in [0.25, 0.3) is 0 Å². The van der Waals surface area contributed by atoms with Crippen molar-refractivity contribution in [2.45, 2.75) is 20.0 Å². The molecule has 0 fully saturated rings. The van der Waals surface area contributed by atoms with Crippen LogP contribution in [0.4, 0.5) is 5.69 Å². The minimum atomic E-state index is -0.410. The van der Waals surface area contributed by atoms with Gasteiger partial charge in [-0.1, -0.05) is 13.8 Å². The number of benzene rings is 1. The van der Waals surface area contributed by atoms with Gasteiger partial charge in [0.1, 0.15) is 11.5 Å². The first-order chi connectivity index (χ1) is 9.62. The third kappa shape index (κ3) is 5.27. The van der Waals surface area contributed by atoms with Gasteiger partial charge < -0.3 is 24.8 Å². The number of rotatable bonds is 9. The van der Waals surface area contributed by atoms with Crippen LogP contribution in [0.5, 0.6) is 11.5 Å². The van der Waals surface area contributed by atoms with Gasteiger partial charge in [-0.2, -0.15) is 0 Å². The first-order valence-electron chi connectivity index (χ1n) is 7.00. The average Bonchev–Trinajstić information content (AvgIpc) is 2.50. The Morgan fingerprint density at radius 2 is 1.65 bits per heavy atom. The van der Waals surface area contributed by atoms with E-state index < -0.39 is 6.10 Å². The van der Waals surface area contributed by atoms with Gasteiger partial charge in [0.2, 0.25) is 0 Å². The molecule has 0 saturated heterocycles. The highest BCUT2D eigenvalue weighted by molar-refractivity contribution is 5.53. The molecular formula is C15H26N2O3. The molecule has 20 heavy (non-hydrogen) atoms. The number of nitrogens with zero attached hydrogens (tertiary/aromatic N) is 1. The van der Waals surface area contributed by atoms with Crippen LogP contribution >= 0.6 is 0 Å². The van der Waals surface area contributed by atoms with E-state index in [9.17, 15) is 5.11 Å². The molecule has 0 aliphatic carbocycles. The second-order valence-corrected chi connectivity index (χ2v) is 4.62. The van der Waals surface area contributed by atoms with Crippen LogP contribution in [0.1, 0.15) is 13.8 Å². The summed E-state index contributed by atoms with van der Waals surface area (Å²) in [4.78, 5) is 2.19. The van der Waals surface area contributed by atoms with Crippen LogP contribution in [-0.2, 0) is 0 Å². The van der Waals surface area contributed by atoms with Crippen molar-refractivity contribution < 1.29 is 14.6 Å². The van der Waals surface area contributed by atoms with Gasteiger partial charge in [0, 0.05) is 37.0 Å². The normalized spacial score (nSPS) is 12.3. The summed E-state index contributed by atoms with van der Waals surface area (Å²) in [7, 11) is 3.24. The molecular weight excluding hydrogens is 256 g/mol. The largest absolute Gasteiger partial charge is 0.497 e. The fraction of sp³-hybridized carbons (Fsp3) is 0.600. The molecule has 0 radical (unpaired) electrons. The molecule has 1 unspecified atom stereocenters. The van der Waals surface area contributed by atoms with Crippen molar-refractivity contribution in [1.82, 2.24) is 4.90 Å².